The molecule has 1 aromatic carbocycles. The molecule has 2 rings (SSSR count). The van der Waals surface area contributed by atoms with E-state index in [1.54, 1.807) is 29.8 Å². The Balaban J connectivity index is 2.02. The number of halogens is 2. The number of hydrogen-bond donors (Lipinski definition) is 1. The average Bonchev–Trinajstić information content (AvgIpc) is 2.77. The molecule has 1 aromatic heterocycles. The van der Waals surface area contributed by atoms with Crippen LogP contribution >= 0.6 is 23.2 Å². The molecule has 0 aliphatic rings. The standard InChI is InChI=1S/C15H16Cl2N4O/c1-9-6-10(2)21(20-9)8-15(22)19-18-11(3)12-4-5-13(16)14(17)7-12/h4-7H,8H2,1-3H3,(H,19,22)/b18-11-. The molecule has 0 radical (unpaired) electrons. The summed E-state index contributed by atoms with van der Waals surface area (Å²) in [5, 5.41) is 9.23. The van der Waals surface area contributed by atoms with Crippen molar-refractivity contribution in [2.24, 2.45) is 5.10 Å². The van der Waals surface area contributed by atoms with Crippen molar-refractivity contribution in [2.75, 3.05) is 0 Å². The number of nitrogens with one attached hydrogen (secondary N) is 1. The number of amides is 1. The smallest absolute Gasteiger partial charge is 0.261 e. The number of nitrogens with zero attached hydrogens (tertiary/aromatic N) is 3. The molecule has 5 nitrogen and oxygen atoms in total. The van der Waals surface area contributed by atoms with Gasteiger partial charge in [-0.1, -0.05) is 29.3 Å². The lowest BCUT2D eigenvalue weighted by Crippen LogP contribution is -2.25. The SMILES string of the molecule is C/C(=N/NC(=O)Cn1nc(C)cc1C)c1ccc(Cl)c(Cl)c1. The molecular formula is C15H16Cl2N4O. The molecule has 0 atom stereocenters. The Morgan fingerprint density at radius 2 is 2.00 bits per heavy atom. The quantitative estimate of drug-likeness (QED) is 0.686. The lowest BCUT2D eigenvalue weighted by Gasteiger charge is -2.05. The van der Waals surface area contributed by atoms with E-state index >= 15 is 0 Å². The first-order chi connectivity index (χ1) is 10.4. The van der Waals surface area contributed by atoms with E-state index in [9.17, 15) is 4.79 Å². The van der Waals surface area contributed by atoms with E-state index in [-0.39, 0.29) is 12.5 Å². The van der Waals surface area contributed by atoms with Crippen LogP contribution < -0.4 is 5.43 Å². The molecule has 116 valence electrons. The normalized spacial score (nSPS) is 11.6. The van der Waals surface area contributed by atoms with Crippen molar-refractivity contribution in [1.82, 2.24) is 15.2 Å². The van der Waals surface area contributed by atoms with Crippen molar-refractivity contribution < 1.29 is 4.79 Å². The van der Waals surface area contributed by atoms with Crippen LogP contribution in [0.1, 0.15) is 23.9 Å². The summed E-state index contributed by atoms with van der Waals surface area (Å²) in [6.45, 7) is 5.69. The van der Waals surface area contributed by atoms with Gasteiger partial charge in [-0.2, -0.15) is 10.2 Å². The van der Waals surface area contributed by atoms with Gasteiger partial charge < -0.3 is 0 Å². The number of aryl methyl sites for hydroxylation is 2. The van der Waals surface area contributed by atoms with Crippen LogP contribution in [-0.4, -0.2) is 21.4 Å². The maximum atomic E-state index is 11.9. The second-order valence-corrected chi connectivity index (χ2v) is 5.76. The fraction of sp³-hybridized carbons (Fsp3) is 0.267. The Hall–Kier alpha value is -1.85. The van der Waals surface area contributed by atoms with Crippen LogP contribution in [0.25, 0.3) is 0 Å². The number of carbonyl (C=O) groups excluding carboxylic acids is 1. The van der Waals surface area contributed by atoms with Gasteiger partial charge in [0.05, 0.1) is 21.5 Å². The number of aromatic nitrogens is 2. The summed E-state index contributed by atoms with van der Waals surface area (Å²) < 4.78 is 1.63. The van der Waals surface area contributed by atoms with Gasteiger partial charge in [0.1, 0.15) is 6.54 Å². The summed E-state index contributed by atoms with van der Waals surface area (Å²) in [6.07, 6.45) is 0. The van der Waals surface area contributed by atoms with Crippen LogP contribution in [0.3, 0.4) is 0 Å². The van der Waals surface area contributed by atoms with Crippen LogP contribution in [0.2, 0.25) is 10.0 Å². The highest BCUT2D eigenvalue weighted by atomic mass is 35.5. The molecule has 22 heavy (non-hydrogen) atoms. The molecule has 1 heterocycles. The summed E-state index contributed by atoms with van der Waals surface area (Å²) in [5.41, 5.74) is 5.75. The molecule has 0 bridgehead atoms. The molecule has 1 N–H and O–H groups in total. The van der Waals surface area contributed by atoms with Crippen molar-refractivity contribution in [3.63, 3.8) is 0 Å². The Labute approximate surface area is 138 Å². The van der Waals surface area contributed by atoms with E-state index in [1.807, 2.05) is 19.9 Å². The number of hydrogen-bond acceptors (Lipinski definition) is 3. The molecule has 7 heteroatoms. The van der Waals surface area contributed by atoms with Crippen molar-refractivity contribution in [2.45, 2.75) is 27.3 Å². The molecule has 2 aromatic rings. The predicted molar refractivity (Wildman–Crippen MR) is 88.5 cm³/mol. The fourth-order valence-electron chi connectivity index (χ4n) is 1.94. The molecule has 0 unspecified atom stereocenters. The lowest BCUT2D eigenvalue weighted by molar-refractivity contribution is -0.121. The Morgan fingerprint density at radius 1 is 1.27 bits per heavy atom. The lowest BCUT2D eigenvalue weighted by atomic mass is 10.1. The zero-order valence-corrected chi connectivity index (χ0v) is 14.0. The monoisotopic (exact) mass is 338 g/mol. The van der Waals surface area contributed by atoms with Crippen LogP contribution in [0, 0.1) is 13.8 Å². The van der Waals surface area contributed by atoms with Crippen molar-refractivity contribution in [1.29, 1.82) is 0 Å². The highest BCUT2D eigenvalue weighted by molar-refractivity contribution is 6.42. The second-order valence-electron chi connectivity index (χ2n) is 4.95. The van der Waals surface area contributed by atoms with Crippen molar-refractivity contribution >= 4 is 34.8 Å². The number of rotatable bonds is 4. The molecule has 0 aliphatic heterocycles. The summed E-state index contributed by atoms with van der Waals surface area (Å²) in [6, 6.07) is 7.10. The third kappa shape index (κ3) is 4.08. The highest BCUT2D eigenvalue weighted by Gasteiger charge is 2.07. The van der Waals surface area contributed by atoms with Gasteiger partial charge in [0.2, 0.25) is 0 Å². The van der Waals surface area contributed by atoms with Gasteiger partial charge in [0.25, 0.3) is 5.91 Å². The molecule has 0 fully saturated rings. The molecule has 0 saturated heterocycles. The minimum Gasteiger partial charge on any atom is -0.271 e. The van der Waals surface area contributed by atoms with E-state index in [0.717, 1.165) is 17.0 Å². The van der Waals surface area contributed by atoms with Gasteiger partial charge in [0.15, 0.2) is 0 Å². The van der Waals surface area contributed by atoms with Gasteiger partial charge in [-0.05, 0) is 44.5 Å². The summed E-state index contributed by atoms with van der Waals surface area (Å²) in [5.74, 6) is -0.245. The van der Waals surface area contributed by atoms with Gasteiger partial charge in [0, 0.05) is 5.69 Å². The second kappa shape index (κ2) is 6.94. The first-order valence-corrected chi connectivity index (χ1v) is 7.42. The number of hydrazone groups is 1. The number of benzene rings is 1. The average molecular weight is 339 g/mol. The first-order valence-electron chi connectivity index (χ1n) is 6.66. The van der Waals surface area contributed by atoms with E-state index < -0.39 is 0 Å². The minimum absolute atomic E-state index is 0.123. The van der Waals surface area contributed by atoms with E-state index in [0.29, 0.717) is 15.8 Å². The topological polar surface area (TPSA) is 59.3 Å². The third-order valence-corrected chi connectivity index (χ3v) is 3.82. The zero-order valence-electron chi connectivity index (χ0n) is 12.5. The minimum atomic E-state index is -0.245. The summed E-state index contributed by atoms with van der Waals surface area (Å²) in [4.78, 5) is 11.9. The van der Waals surface area contributed by atoms with Gasteiger partial charge in [-0.3, -0.25) is 9.48 Å². The molecular weight excluding hydrogens is 323 g/mol. The van der Waals surface area contributed by atoms with Crippen LogP contribution in [-0.2, 0) is 11.3 Å². The third-order valence-electron chi connectivity index (χ3n) is 3.08. The van der Waals surface area contributed by atoms with E-state index in [1.165, 1.54) is 0 Å². The molecule has 0 saturated carbocycles. The zero-order chi connectivity index (χ0) is 16.3. The largest absolute Gasteiger partial charge is 0.271 e. The molecule has 1 amide bonds. The molecule has 0 spiro atoms. The Kier molecular flexibility index (Phi) is 5.21. The van der Waals surface area contributed by atoms with Crippen LogP contribution in [0.15, 0.2) is 29.4 Å². The molecule has 0 aliphatic carbocycles. The van der Waals surface area contributed by atoms with Gasteiger partial charge in [-0.25, -0.2) is 5.43 Å². The van der Waals surface area contributed by atoms with Crippen LogP contribution in [0.5, 0.6) is 0 Å². The summed E-state index contributed by atoms with van der Waals surface area (Å²) in [7, 11) is 0. The van der Waals surface area contributed by atoms with Crippen molar-refractivity contribution in [3.8, 4) is 0 Å². The van der Waals surface area contributed by atoms with Crippen LogP contribution in [0.4, 0.5) is 0 Å². The van der Waals surface area contributed by atoms with Crippen molar-refractivity contribution in [3.05, 3.63) is 51.3 Å². The first kappa shape index (κ1) is 16.5. The number of carbonyl (C=O) groups is 1. The predicted octanol–water partition coefficient (Wildman–Crippen LogP) is 3.35. The van der Waals surface area contributed by atoms with Gasteiger partial charge >= 0.3 is 0 Å². The maximum Gasteiger partial charge on any atom is 0.261 e. The highest BCUT2D eigenvalue weighted by Crippen LogP contribution is 2.22. The maximum absolute atomic E-state index is 11.9. The summed E-state index contributed by atoms with van der Waals surface area (Å²) >= 11 is 11.8. The van der Waals surface area contributed by atoms with E-state index in [4.69, 9.17) is 23.2 Å². The van der Waals surface area contributed by atoms with E-state index in [2.05, 4.69) is 15.6 Å². The fourth-order valence-corrected chi connectivity index (χ4v) is 2.24. The Bertz CT molecular complexity index is 737. The van der Waals surface area contributed by atoms with Gasteiger partial charge in [-0.15, -0.1) is 0 Å². The Morgan fingerprint density at radius 3 is 2.59 bits per heavy atom.